The van der Waals surface area contributed by atoms with E-state index in [0.717, 1.165) is 57.1 Å². The van der Waals surface area contributed by atoms with E-state index >= 15 is 0 Å². The van der Waals surface area contributed by atoms with Gasteiger partial charge in [0.25, 0.3) is 5.91 Å². The van der Waals surface area contributed by atoms with Gasteiger partial charge in [-0.05, 0) is 37.5 Å². The zero-order valence-corrected chi connectivity index (χ0v) is 19.1. The largest absolute Gasteiger partial charge is 0.357 e. The molecule has 31 heavy (non-hydrogen) atoms. The van der Waals surface area contributed by atoms with Gasteiger partial charge in [0, 0.05) is 32.1 Å². The fourth-order valence-electron chi connectivity index (χ4n) is 4.11. The second-order valence-electron chi connectivity index (χ2n) is 8.58. The number of fused-ring (bicyclic) bond motifs is 3. The Morgan fingerprint density at radius 1 is 1.13 bits per heavy atom. The Morgan fingerprint density at radius 3 is 2.55 bits per heavy atom. The summed E-state index contributed by atoms with van der Waals surface area (Å²) >= 11 is 1.52. The van der Waals surface area contributed by atoms with Crippen LogP contribution in [-0.4, -0.2) is 45.8 Å². The molecule has 5 rings (SSSR count). The standard InChI is InChI=1S/C23H26N6OS/c1-14(2)13-29-23-16(15(3)26-29)12-19(31-23)22(30)28-11-7-10-27(4)20-21(28)25-18-9-6-5-8-17(18)24-20/h5-6,8-9,12,14H,7,10-11,13H2,1-4H3. The van der Waals surface area contributed by atoms with Gasteiger partial charge in [-0.15, -0.1) is 11.3 Å². The number of hydrogen-bond donors (Lipinski definition) is 0. The van der Waals surface area contributed by atoms with Crippen LogP contribution in [0.3, 0.4) is 0 Å². The van der Waals surface area contributed by atoms with Gasteiger partial charge in [-0.1, -0.05) is 26.0 Å². The zero-order chi connectivity index (χ0) is 21.7. The number of aromatic nitrogens is 4. The number of para-hydroxylation sites is 2. The number of carbonyl (C=O) groups is 1. The Hall–Kier alpha value is -3.00. The molecule has 0 aliphatic carbocycles. The number of rotatable bonds is 3. The molecule has 0 bridgehead atoms. The molecule has 0 saturated carbocycles. The minimum atomic E-state index is -0.0159. The first-order chi connectivity index (χ1) is 14.9. The third-order valence-corrected chi connectivity index (χ3v) is 6.76. The molecule has 0 saturated heterocycles. The van der Waals surface area contributed by atoms with Crippen molar-refractivity contribution < 1.29 is 4.79 Å². The fourth-order valence-corrected chi connectivity index (χ4v) is 5.23. The predicted octanol–water partition coefficient (Wildman–Crippen LogP) is 4.49. The van der Waals surface area contributed by atoms with Crippen LogP contribution in [0.2, 0.25) is 0 Å². The van der Waals surface area contributed by atoms with Crippen LogP contribution in [0.1, 0.15) is 35.6 Å². The van der Waals surface area contributed by atoms with Crippen molar-refractivity contribution in [2.24, 2.45) is 5.92 Å². The molecule has 0 spiro atoms. The molecule has 0 fully saturated rings. The van der Waals surface area contributed by atoms with Crippen molar-refractivity contribution in [1.29, 1.82) is 0 Å². The van der Waals surface area contributed by atoms with E-state index in [4.69, 9.17) is 9.97 Å². The van der Waals surface area contributed by atoms with Crippen molar-refractivity contribution in [1.82, 2.24) is 19.7 Å². The van der Waals surface area contributed by atoms with E-state index in [2.05, 4.69) is 23.8 Å². The molecular formula is C23H26N6OS. The summed E-state index contributed by atoms with van der Waals surface area (Å²) in [6, 6.07) is 9.81. The normalized spacial score (nSPS) is 14.5. The van der Waals surface area contributed by atoms with Crippen molar-refractivity contribution >= 4 is 50.1 Å². The molecule has 7 nitrogen and oxygen atoms in total. The molecule has 1 amide bonds. The number of benzene rings is 1. The van der Waals surface area contributed by atoms with Crippen molar-refractivity contribution in [3.63, 3.8) is 0 Å². The first kappa shape index (κ1) is 19.9. The van der Waals surface area contributed by atoms with E-state index in [1.165, 1.54) is 11.3 Å². The van der Waals surface area contributed by atoms with Gasteiger partial charge in [-0.25, -0.2) is 9.97 Å². The van der Waals surface area contributed by atoms with Crippen molar-refractivity contribution in [2.45, 2.75) is 33.7 Å². The minimum absolute atomic E-state index is 0.0159. The lowest BCUT2D eigenvalue weighted by Crippen LogP contribution is -2.31. The highest BCUT2D eigenvalue weighted by molar-refractivity contribution is 7.20. The Labute approximate surface area is 185 Å². The summed E-state index contributed by atoms with van der Waals surface area (Å²) < 4.78 is 2.04. The molecular weight excluding hydrogens is 408 g/mol. The molecule has 1 aliphatic rings. The van der Waals surface area contributed by atoms with Crippen LogP contribution in [0.5, 0.6) is 0 Å². The number of thiophene rings is 1. The Bertz CT molecular complexity index is 1290. The van der Waals surface area contributed by atoms with Crippen LogP contribution < -0.4 is 9.80 Å². The van der Waals surface area contributed by atoms with Crippen LogP contribution in [0.25, 0.3) is 21.3 Å². The number of amides is 1. The van der Waals surface area contributed by atoms with E-state index in [9.17, 15) is 4.79 Å². The van der Waals surface area contributed by atoms with E-state index in [1.54, 1.807) is 4.90 Å². The predicted molar refractivity (Wildman–Crippen MR) is 126 cm³/mol. The van der Waals surface area contributed by atoms with Gasteiger partial charge in [-0.2, -0.15) is 5.10 Å². The van der Waals surface area contributed by atoms with Crippen LogP contribution in [0.4, 0.5) is 11.6 Å². The first-order valence-corrected chi connectivity index (χ1v) is 11.5. The summed E-state index contributed by atoms with van der Waals surface area (Å²) in [5.74, 6) is 1.87. The second kappa shape index (κ2) is 7.60. The highest BCUT2D eigenvalue weighted by atomic mass is 32.1. The average molecular weight is 435 g/mol. The summed E-state index contributed by atoms with van der Waals surface area (Å²) in [6.45, 7) is 8.65. The summed E-state index contributed by atoms with van der Waals surface area (Å²) in [5, 5.41) is 5.73. The highest BCUT2D eigenvalue weighted by Crippen LogP contribution is 2.34. The van der Waals surface area contributed by atoms with E-state index in [-0.39, 0.29) is 5.91 Å². The molecule has 3 aromatic heterocycles. The third-order valence-electron chi connectivity index (χ3n) is 5.63. The maximum atomic E-state index is 13.7. The lowest BCUT2D eigenvalue weighted by molar-refractivity contribution is 0.0990. The summed E-state index contributed by atoms with van der Waals surface area (Å²) in [6.07, 6.45) is 0.863. The van der Waals surface area contributed by atoms with Crippen LogP contribution in [0, 0.1) is 12.8 Å². The maximum absolute atomic E-state index is 13.7. The molecule has 1 aliphatic heterocycles. The molecule has 1 aromatic carbocycles. The number of aryl methyl sites for hydroxylation is 1. The van der Waals surface area contributed by atoms with Gasteiger partial charge < -0.3 is 4.90 Å². The van der Waals surface area contributed by atoms with Crippen LogP contribution in [-0.2, 0) is 6.54 Å². The van der Waals surface area contributed by atoms with Gasteiger partial charge >= 0.3 is 0 Å². The lowest BCUT2D eigenvalue weighted by atomic mass is 10.2. The lowest BCUT2D eigenvalue weighted by Gasteiger charge is -2.22. The van der Waals surface area contributed by atoms with E-state index in [0.29, 0.717) is 18.3 Å². The zero-order valence-electron chi connectivity index (χ0n) is 18.3. The van der Waals surface area contributed by atoms with Crippen molar-refractivity contribution in [3.05, 3.63) is 40.9 Å². The smallest absolute Gasteiger partial charge is 0.269 e. The van der Waals surface area contributed by atoms with Gasteiger partial charge in [0.2, 0.25) is 0 Å². The van der Waals surface area contributed by atoms with Gasteiger partial charge in [0.15, 0.2) is 11.6 Å². The number of nitrogens with zero attached hydrogens (tertiary/aromatic N) is 6. The number of carbonyl (C=O) groups excluding carboxylic acids is 1. The van der Waals surface area contributed by atoms with E-state index in [1.807, 2.05) is 49.0 Å². The van der Waals surface area contributed by atoms with Gasteiger partial charge in [0.1, 0.15) is 4.83 Å². The summed E-state index contributed by atoms with van der Waals surface area (Å²) in [4.78, 5) is 29.1. The Morgan fingerprint density at radius 2 is 1.84 bits per heavy atom. The van der Waals surface area contributed by atoms with Crippen LogP contribution >= 0.6 is 11.3 Å². The molecule has 0 unspecified atom stereocenters. The second-order valence-corrected chi connectivity index (χ2v) is 9.61. The quantitative estimate of drug-likeness (QED) is 0.475. The van der Waals surface area contributed by atoms with Gasteiger partial charge in [-0.3, -0.25) is 14.4 Å². The molecule has 160 valence electrons. The topological polar surface area (TPSA) is 67.2 Å². The minimum Gasteiger partial charge on any atom is -0.357 e. The molecule has 4 heterocycles. The summed E-state index contributed by atoms with van der Waals surface area (Å²) in [7, 11) is 2.01. The third kappa shape index (κ3) is 3.44. The molecule has 0 atom stereocenters. The molecule has 8 heteroatoms. The number of anilines is 2. The van der Waals surface area contributed by atoms with E-state index < -0.39 is 0 Å². The SMILES string of the molecule is Cc1nn(CC(C)C)c2sc(C(=O)N3CCCN(C)c4nc5ccccc5nc43)cc12. The molecule has 4 aromatic rings. The summed E-state index contributed by atoms with van der Waals surface area (Å²) in [5.41, 5.74) is 2.61. The maximum Gasteiger partial charge on any atom is 0.269 e. The van der Waals surface area contributed by atoms with Crippen LogP contribution in [0.15, 0.2) is 30.3 Å². The van der Waals surface area contributed by atoms with Crippen molar-refractivity contribution in [3.8, 4) is 0 Å². The fraction of sp³-hybridized carbons (Fsp3) is 0.391. The number of hydrogen-bond acceptors (Lipinski definition) is 6. The Kier molecular flexibility index (Phi) is 4.89. The first-order valence-electron chi connectivity index (χ1n) is 10.7. The monoisotopic (exact) mass is 434 g/mol. The molecule has 0 N–H and O–H groups in total. The average Bonchev–Trinajstić information content (AvgIpc) is 3.26. The highest BCUT2D eigenvalue weighted by Gasteiger charge is 2.29. The molecule has 0 radical (unpaired) electrons. The Balaban J connectivity index is 1.59. The van der Waals surface area contributed by atoms with Crippen molar-refractivity contribution in [2.75, 3.05) is 29.9 Å². The van der Waals surface area contributed by atoms with Gasteiger partial charge in [0.05, 0.1) is 21.6 Å².